The Hall–Kier alpha value is -2.42. The molecule has 0 saturated carbocycles. The van der Waals surface area contributed by atoms with Crippen molar-refractivity contribution in [3.63, 3.8) is 0 Å². The minimum atomic E-state index is -0.227. The molecule has 30 heavy (non-hydrogen) atoms. The molecule has 1 heterocycles. The van der Waals surface area contributed by atoms with Crippen LogP contribution in [0, 0.1) is 0 Å². The molecule has 1 aromatic heterocycles. The first-order valence-corrected chi connectivity index (χ1v) is 11.3. The number of allylic oxidation sites excluding steroid dienone is 1. The van der Waals surface area contributed by atoms with Crippen LogP contribution >= 0.6 is 39.3 Å². The molecular formula is C21H19BrClN5OS. The quantitative estimate of drug-likeness (QED) is 0.258. The Morgan fingerprint density at radius 2 is 1.93 bits per heavy atom. The molecule has 6 nitrogen and oxygen atoms in total. The number of nitrogens with one attached hydrogen (secondary N) is 1. The van der Waals surface area contributed by atoms with E-state index in [1.165, 1.54) is 11.8 Å². The molecule has 9 heteroatoms. The number of hydrogen-bond donors (Lipinski definition) is 1. The van der Waals surface area contributed by atoms with Crippen LogP contribution in [0.5, 0.6) is 0 Å². The smallest absolute Gasteiger partial charge is 0.250 e. The van der Waals surface area contributed by atoms with Crippen molar-refractivity contribution < 1.29 is 4.79 Å². The van der Waals surface area contributed by atoms with Crippen LogP contribution < -0.4 is 5.43 Å². The third-order valence-corrected chi connectivity index (χ3v) is 5.60. The van der Waals surface area contributed by atoms with E-state index in [1.807, 2.05) is 72.2 Å². The fourth-order valence-corrected chi connectivity index (χ4v) is 3.85. The number of carbonyl (C=O) groups excluding carboxylic acids is 1. The number of hydrogen-bond acceptors (Lipinski definition) is 5. The van der Waals surface area contributed by atoms with E-state index in [0.29, 0.717) is 16.7 Å². The summed E-state index contributed by atoms with van der Waals surface area (Å²) in [5.41, 5.74) is 4.47. The van der Waals surface area contributed by atoms with Crippen LogP contribution in [0.15, 0.2) is 69.3 Å². The van der Waals surface area contributed by atoms with E-state index in [-0.39, 0.29) is 11.7 Å². The van der Waals surface area contributed by atoms with Gasteiger partial charge in [-0.3, -0.25) is 4.79 Å². The molecule has 0 unspecified atom stereocenters. The fraction of sp³-hybridized carbons (Fsp3) is 0.143. The molecule has 1 amide bonds. The largest absolute Gasteiger partial charge is 0.302 e. The van der Waals surface area contributed by atoms with Crippen molar-refractivity contribution in [2.45, 2.75) is 18.6 Å². The van der Waals surface area contributed by atoms with E-state index in [4.69, 9.17) is 11.6 Å². The second kappa shape index (κ2) is 11.1. The van der Waals surface area contributed by atoms with Gasteiger partial charge >= 0.3 is 0 Å². The van der Waals surface area contributed by atoms with Gasteiger partial charge in [0.15, 0.2) is 11.0 Å². The van der Waals surface area contributed by atoms with Crippen LogP contribution in [0.1, 0.15) is 12.5 Å². The van der Waals surface area contributed by atoms with Gasteiger partial charge in [0, 0.05) is 21.6 Å². The predicted octanol–water partition coefficient (Wildman–Crippen LogP) is 5.25. The average molecular weight is 505 g/mol. The number of hydrazone groups is 1. The molecule has 1 N–H and O–H groups in total. The van der Waals surface area contributed by atoms with Crippen LogP contribution in [0.4, 0.5) is 0 Å². The molecule has 3 aromatic rings. The van der Waals surface area contributed by atoms with Crippen LogP contribution in [-0.2, 0) is 11.3 Å². The Labute approximate surface area is 192 Å². The zero-order valence-corrected chi connectivity index (χ0v) is 19.3. The molecule has 0 bridgehead atoms. The Kier molecular flexibility index (Phi) is 8.24. The van der Waals surface area contributed by atoms with Crippen molar-refractivity contribution in [2.24, 2.45) is 5.10 Å². The van der Waals surface area contributed by atoms with Gasteiger partial charge in [-0.2, -0.15) is 5.10 Å². The van der Waals surface area contributed by atoms with Crippen molar-refractivity contribution in [3.8, 4) is 11.4 Å². The van der Waals surface area contributed by atoms with E-state index in [0.717, 1.165) is 21.4 Å². The lowest BCUT2D eigenvalue weighted by atomic mass is 10.2. The van der Waals surface area contributed by atoms with Gasteiger partial charge in [0.1, 0.15) is 0 Å². The monoisotopic (exact) mass is 503 g/mol. The van der Waals surface area contributed by atoms with Crippen molar-refractivity contribution >= 4 is 57.5 Å². The number of aromatic nitrogens is 3. The zero-order chi connectivity index (χ0) is 21.3. The maximum absolute atomic E-state index is 12.1. The summed E-state index contributed by atoms with van der Waals surface area (Å²) in [5, 5.41) is 13.8. The molecular weight excluding hydrogens is 486 g/mol. The van der Waals surface area contributed by atoms with Crippen molar-refractivity contribution in [1.29, 1.82) is 0 Å². The number of amides is 1. The van der Waals surface area contributed by atoms with Crippen LogP contribution in [0.3, 0.4) is 0 Å². The van der Waals surface area contributed by atoms with Crippen molar-refractivity contribution in [1.82, 2.24) is 20.2 Å². The zero-order valence-electron chi connectivity index (χ0n) is 16.1. The van der Waals surface area contributed by atoms with Gasteiger partial charge in [-0.15, -0.1) is 10.2 Å². The number of rotatable bonds is 8. The van der Waals surface area contributed by atoms with E-state index in [1.54, 1.807) is 6.21 Å². The number of halogens is 2. The summed E-state index contributed by atoms with van der Waals surface area (Å²) >= 11 is 10.7. The molecule has 154 valence electrons. The summed E-state index contributed by atoms with van der Waals surface area (Å²) < 4.78 is 2.71. The molecule has 0 aliphatic heterocycles. The van der Waals surface area contributed by atoms with Gasteiger partial charge in [0.25, 0.3) is 5.91 Å². The van der Waals surface area contributed by atoms with Crippen LogP contribution in [0.2, 0.25) is 5.02 Å². The molecule has 2 aromatic carbocycles. The van der Waals surface area contributed by atoms with Crippen molar-refractivity contribution in [2.75, 3.05) is 5.75 Å². The maximum Gasteiger partial charge on any atom is 0.250 e. The summed E-state index contributed by atoms with van der Waals surface area (Å²) in [6.07, 6.45) is 3.45. The first-order chi connectivity index (χ1) is 14.6. The lowest BCUT2D eigenvalue weighted by molar-refractivity contribution is -0.118. The Balaban J connectivity index is 1.56. The van der Waals surface area contributed by atoms with Crippen molar-refractivity contribution in [3.05, 3.63) is 69.7 Å². The van der Waals surface area contributed by atoms with E-state index >= 15 is 0 Å². The Bertz CT molecular complexity index is 1050. The SMILES string of the molecule is CCn1c(SCC(=O)NN=CC(Br)=Cc2ccccc2)nnc1-c1ccc(Cl)cc1. The third-order valence-electron chi connectivity index (χ3n) is 3.95. The number of nitrogens with zero attached hydrogens (tertiary/aromatic N) is 4. The highest BCUT2D eigenvalue weighted by molar-refractivity contribution is 9.12. The first kappa shape index (κ1) is 22.3. The van der Waals surface area contributed by atoms with Gasteiger partial charge in [0.2, 0.25) is 0 Å². The summed E-state index contributed by atoms with van der Waals surface area (Å²) in [6.45, 7) is 2.69. The topological polar surface area (TPSA) is 72.2 Å². The number of benzene rings is 2. The van der Waals surface area contributed by atoms with Gasteiger partial charge in [-0.1, -0.05) is 53.7 Å². The molecule has 0 aliphatic carbocycles. The summed E-state index contributed by atoms with van der Waals surface area (Å²) in [7, 11) is 0. The second-order valence-corrected chi connectivity index (χ2v) is 8.37. The average Bonchev–Trinajstić information content (AvgIpc) is 3.16. The van der Waals surface area contributed by atoms with Crippen LogP contribution in [-0.4, -0.2) is 32.6 Å². The summed E-state index contributed by atoms with van der Waals surface area (Å²) in [6, 6.07) is 17.2. The van der Waals surface area contributed by atoms with Gasteiger partial charge in [-0.05, 0) is 58.8 Å². The minimum absolute atomic E-state index is 0.177. The van der Waals surface area contributed by atoms with E-state index < -0.39 is 0 Å². The lowest BCUT2D eigenvalue weighted by Gasteiger charge is -2.07. The molecule has 0 spiro atoms. The highest BCUT2D eigenvalue weighted by Crippen LogP contribution is 2.25. The lowest BCUT2D eigenvalue weighted by Crippen LogP contribution is -2.19. The normalized spacial score (nSPS) is 11.8. The minimum Gasteiger partial charge on any atom is -0.302 e. The molecule has 3 rings (SSSR count). The molecule has 0 fully saturated rings. The number of thioether (sulfide) groups is 1. The van der Waals surface area contributed by atoms with Gasteiger partial charge < -0.3 is 4.57 Å². The van der Waals surface area contributed by atoms with Gasteiger partial charge in [0.05, 0.1) is 12.0 Å². The van der Waals surface area contributed by atoms with Gasteiger partial charge in [-0.25, -0.2) is 5.43 Å². The Morgan fingerprint density at radius 1 is 1.20 bits per heavy atom. The van der Waals surface area contributed by atoms with Crippen LogP contribution in [0.25, 0.3) is 17.5 Å². The first-order valence-electron chi connectivity index (χ1n) is 9.13. The summed E-state index contributed by atoms with van der Waals surface area (Å²) in [5.74, 6) is 0.691. The highest BCUT2D eigenvalue weighted by Gasteiger charge is 2.14. The Morgan fingerprint density at radius 3 is 2.63 bits per heavy atom. The third kappa shape index (κ3) is 6.29. The summed E-state index contributed by atoms with van der Waals surface area (Å²) in [4.78, 5) is 12.1. The number of carbonyl (C=O) groups is 1. The maximum atomic E-state index is 12.1. The molecule has 0 radical (unpaired) electrons. The fourth-order valence-electron chi connectivity index (χ4n) is 2.57. The van der Waals surface area contributed by atoms with E-state index in [2.05, 4.69) is 36.7 Å². The standard InChI is InChI=1S/C21H19BrClN5OS/c1-2-28-20(16-8-10-18(23)11-9-16)26-27-21(28)30-14-19(29)25-24-13-17(22)12-15-6-4-3-5-7-15/h3-13H,2,14H2,1H3,(H,25,29). The molecule has 0 atom stereocenters. The molecule has 0 aliphatic rings. The molecule has 0 saturated heterocycles. The van der Waals surface area contributed by atoms with E-state index in [9.17, 15) is 4.79 Å². The highest BCUT2D eigenvalue weighted by atomic mass is 79.9. The second-order valence-electron chi connectivity index (χ2n) is 6.08. The predicted molar refractivity (Wildman–Crippen MR) is 127 cm³/mol.